The summed E-state index contributed by atoms with van der Waals surface area (Å²) in [5.41, 5.74) is 2.98. The normalized spacial score (nSPS) is 16.7. The standard InChI is InChI=1S/C16H25N5O2/c1-11(2)21-14-10-17-20(16(14)12(3)18-21)9-6-15(23)19-7-4-13(22)5-8-19/h10-11,13,22H,4-9H2,1-3H3. The predicted octanol–water partition coefficient (Wildman–Crippen LogP) is 1.50. The molecule has 0 bridgehead atoms. The van der Waals surface area contributed by atoms with E-state index < -0.39 is 0 Å². The van der Waals surface area contributed by atoms with Gasteiger partial charge < -0.3 is 10.0 Å². The van der Waals surface area contributed by atoms with Gasteiger partial charge in [0.25, 0.3) is 0 Å². The van der Waals surface area contributed by atoms with Gasteiger partial charge in [-0.1, -0.05) is 0 Å². The summed E-state index contributed by atoms with van der Waals surface area (Å²) in [7, 11) is 0. The van der Waals surface area contributed by atoms with Gasteiger partial charge in [0.1, 0.15) is 11.0 Å². The van der Waals surface area contributed by atoms with Crippen LogP contribution in [0.3, 0.4) is 0 Å². The second kappa shape index (κ2) is 6.31. The molecule has 7 nitrogen and oxygen atoms in total. The summed E-state index contributed by atoms with van der Waals surface area (Å²) >= 11 is 0. The van der Waals surface area contributed by atoms with Crippen LogP contribution in [-0.4, -0.2) is 54.7 Å². The van der Waals surface area contributed by atoms with E-state index in [4.69, 9.17) is 0 Å². The molecular weight excluding hydrogens is 294 g/mol. The first-order valence-electron chi connectivity index (χ1n) is 8.34. The third-order valence-electron chi connectivity index (χ3n) is 4.51. The van der Waals surface area contributed by atoms with E-state index in [1.807, 2.05) is 27.4 Å². The minimum absolute atomic E-state index is 0.134. The van der Waals surface area contributed by atoms with Gasteiger partial charge >= 0.3 is 0 Å². The fourth-order valence-electron chi connectivity index (χ4n) is 3.22. The zero-order chi connectivity index (χ0) is 16.6. The van der Waals surface area contributed by atoms with Crippen molar-refractivity contribution >= 4 is 16.9 Å². The van der Waals surface area contributed by atoms with Crippen molar-refractivity contribution in [1.29, 1.82) is 0 Å². The molecule has 0 aromatic carbocycles. The van der Waals surface area contributed by atoms with Gasteiger partial charge in [0.2, 0.25) is 5.91 Å². The molecule has 3 rings (SSSR count). The average molecular weight is 319 g/mol. The molecule has 1 amide bonds. The van der Waals surface area contributed by atoms with Crippen LogP contribution in [0, 0.1) is 6.92 Å². The molecule has 3 heterocycles. The highest BCUT2D eigenvalue weighted by molar-refractivity contribution is 5.79. The maximum atomic E-state index is 12.3. The number of fused-ring (bicyclic) bond motifs is 1. The number of aliphatic hydroxyl groups is 1. The lowest BCUT2D eigenvalue weighted by Gasteiger charge is -2.29. The molecule has 0 saturated carbocycles. The Kier molecular flexibility index (Phi) is 4.39. The number of carbonyl (C=O) groups excluding carboxylic acids is 1. The van der Waals surface area contributed by atoms with Crippen molar-refractivity contribution in [2.24, 2.45) is 0 Å². The SMILES string of the molecule is Cc1nn(C(C)C)c2cnn(CCC(=O)N3CCC(O)CC3)c12. The second-order valence-electron chi connectivity index (χ2n) is 6.59. The molecule has 7 heteroatoms. The van der Waals surface area contributed by atoms with Gasteiger partial charge in [-0.15, -0.1) is 0 Å². The van der Waals surface area contributed by atoms with Crippen molar-refractivity contribution in [1.82, 2.24) is 24.5 Å². The Labute approximate surface area is 135 Å². The summed E-state index contributed by atoms with van der Waals surface area (Å²) in [6.45, 7) is 8.03. The van der Waals surface area contributed by atoms with Crippen LogP contribution in [0.4, 0.5) is 0 Å². The van der Waals surface area contributed by atoms with Crippen LogP contribution < -0.4 is 0 Å². The van der Waals surface area contributed by atoms with Gasteiger partial charge in [-0.3, -0.25) is 14.2 Å². The van der Waals surface area contributed by atoms with E-state index in [-0.39, 0.29) is 18.1 Å². The molecule has 1 aliphatic rings. The Hall–Kier alpha value is -1.89. The van der Waals surface area contributed by atoms with Crippen molar-refractivity contribution in [2.75, 3.05) is 13.1 Å². The number of aliphatic hydroxyl groups excluding tert-OH is 1. The van der Waals surface area contributed by atoms with E-state index in [1.165, 1.54) is 0 Å². The molecule has 0 aliphatic carbocycles. The molecule has 126 valence electrons. The first-order valence-corrected chi connectivity index (χ1v) is 8.34. The number of likely N-dealkylation sites (tertiary alicyclic amines) is 1. The van der Waals surface area contributed by atoms with E-state index in [0.29, 0.717) is 38.9 Å². The van der Waals surface area contributed by atoms with E-state index in [0.717, 1.165) is 16.7 Å². The zero-order valence-corrected chi connectivity index (χ0v) is 14.1. The number of rotatable bonds is 4. The predicted molar refractivity (Wildman–Crippen MR) is 87.1 cm³/mol. The summed E-state index contributed by atoms with van der Waals surface area (Å²) in [6.07, 6.45) is 3.36. The largest absolute Gasteiger partial charge is 0.393 e. The minimum atomic E-state index is -0.255. The lowest BCUT2D eigenvalue weighted by molar-refractivity contribution is -0.133. The van der Waals surface area contributed by atoms with Crippen LogP contribution >= 0.6 is 0 Å². The maximum Gasteiger partial charge on any atom is 0.224 e. The van der Waals surface area contributed by atoms with Crippen molar-refractivity contribution in [2.45, 2.75) is 58.7 Å². The molecular formula is C16H25N5O2. The molecule has 0 atom stereocenters. The van der Waals surface area contributed by atoms with Crippen LogP contribution in [-0.2, 0) is 11.3 Å². The number of hydrogen-bond donors (Lipinski definition) is 1. The van der Waals surface area contributed by atoms with Gasteiger partial charge in [-0.2, -0.15) is 10.2 Å². The highest BCUT2D eigenvalue weighted by atomic mass is 16.3. The number of aryl methyl sites for hydroxylation is 2. The summed E-state index contributed by atoms with van der Waals surface area (Å²) in [6, 6.07) is 0.283. The highest BCUT2D eigenvalue weighted by Gasteiger charge is 2.22. The molecule has 2 aromatic heterocycles. The smallest absolute Gasteiger partial charge is 0.224 e. The molecule has 0 radical (unpaired) electrons. The number of piperidine rings is 1. The number of aromatic nitrogens is 4. The van der Waals surface area contributed by atoms with Crippen LogP contribution in [0.25, 0.3) is 11.0 Å². The molecule has 0 spiro atoms. The molecule has 1 N–H and O–H groups in total. The van der Waals surface area contributed by atoms with Crippen molar-refractivity contribution < 1.29 is 9.90 Å². The Morgan fingerprint density at radius 3 is 2.74 bits per heavy atom. The third-order valence-corrected chi connectivity index (χ3v) is 4.51. The fourth-order valence-corrected chi connectivity index (χ4v) is 3.22. The molecule has 0 unspecified atom stereocenters. The quantitative estimate of drug-likeness (QED) is 0.926. The monoisotopic (exact) mass is 319 g/mol. The van der Waals surface area contributed by atoms with Crippen LogP contribution in [0.1, 0.15) is 44.8 Å². The number of nitrogens with zero attached hydrogens (tertiary/aromatic N) is 5. The Bertz CT molecular complexity index is 695. The molecule has 2 aromatic rings. The minimum Gasteiger partial charge on any atom is -0.393 e. The van der Waals surface area contributed by atoms with Crippen LogP contribution in [0.5, 0.6) is 0 Å². The Balaban J connectivity index is 1.69. The van der Waals surface area contributed by atoms with Crippen molar-refractivity contribution in [3.05, 3.63) is 11.9 Å². The molecule has 1 saturated heterocycles. The van der Waals surface area contributed by atoms with Crippen molar-refractivity contribution in [3.63, 3.8) is 0 Å². The van der Waals surface area contributed by atoms with E-state index in [9.17, 15) is 9.90 Å². The maximum absolute atomic E-state index is 12.3. The van der Waals surface area contributed by atoms with E-state index in [1.54, 1.807) is 0 Å². The lowest BCUT2D eigenvalue weighted by atomic mass is 10.1. The fraction of sp³-hybridized carbons (Fsp3) is 0.688. The summed E-state index contributed by atoms with van der Waals surface area (Å²) in [5.74, 6) is 0.134. The van der Waals surface area contributed by atoms with Gasteiger partial charge in [-0.25, -0.2) is 0 Å². The zero-order valence-electron chi connectivity index (χ0n) is 14.1. The number of hydrogen-bond acceptors (Lipinski definition) is 4. The van der Waals surface area contributed by atoms with Gasteiger partial charge in [0, 0.05) is 25.6 Å². The van der Waals surface area contributed by atoms with Crippen LogP contribution in [0.2, 0.25) is 0 Å². The number of amides is 1. The van der Waals surface area contributed by atoms with Gasteiger partial charge in [0.05, 0.1) is 24.5 Å². The van der Waals surface area contributed by atoms with E-state index >= 15 is 0 Å². The average Bonchev–Trinajstić information content (AvgIpc) is 3.07. The van der Waals surface area contributed by atoms with Crippen molar-refractivity contribution in [3.8, 4) is 0 Å². The lowest BCUT2D eigenvalue weighted by Crippen LogP contribution is -2.40. The summed E-state index contributed by atoms with van der Waals surface area (Å²) in [5, 5.41) is 18.5. The first kappa shape index (κ1) is 16.0. The van der Waals surface area contributed by atoms with Crippen LogP contribution in [0.15, 0.2) is 6.20 Å². The molecule has 1 fully saturated rings. The molecule has 1 aliphatic heterocycles. The van der Waals surface area contributed by atoms with Gasteiger partial charge in [-0.05, 0) is 33.6 Å². The Morgan fingerprint density at radius 1 is 1.39 bits per heavy atom. The van der Waals surface area contributed by atoms with Gasteiger partial charge in [0.15, 0.2) is 0 Å². The molecule has 23 heavy (non-hydrogen) atoms. The third kappa shape index (κ3) is 3.10. The summed E-state index contributed by atoms with van der Waals surface area (Å²) in [4.78, 5) is 14.2. The number of carbonyl (C=O) groups is 1. The topological polar surface area (TPSA) is 76.2 Å². The summed E-state index contributed by atoms with van der Waals surface area (Å²) < 4.78 is 3.86. The Morgan fingerprint density at radius 2 is 2.09 bits per heavy atom. The highest BCUT2D eigenvalue weighted by Crippen LogP contribution is 2.21. The first-order chi connectivity index (χ1) is 11.0. The second-order valence-corrected chi connectivity index (χ2v) is 6.59. The van der Waals surface area contributed by atoms with E-state index in [2.05, 4.69) is 24.0 Å².